The highest BCUT2D eigenvalue weighted by atomic mass is 79.9. The van der Waals surface area contributed by atoms with Crippen molar-refractivity contribution in [2.24, 2.45) is 11.8 Å². The number of benzene rings is 1. The van der Waals surface area contributed by atoms with E-state index in [1.54, 1.807) is 7.11 Å². The molecule has 1 aliphatic rings. The maximum atomic E-state index is 5.36. The van der Waals surface area contributed by atoms with E-state index in [9.17, 15) is 0 Å². The Kier molecular flexibility index (Phi) is 6.37. The van der Waals surface area contributed by atoms with E-state index < -0.39 is 0 Å². The molecule has 1 aliphatic carbocycles. The first-order chi connectivity index (χ1) is 9.74. The van der Waals surface area contributed by atoms with E-state index in [2.05, 4.69) is 40.4 Å². The molecule has 2 atom stereocenters. The lowest BCUT2D eigenvalue weighted by Crippen LogP contribution is -2.26. The molecular formula is C17H26BrNO. The molecule has 20 heavy (non-hydrogen) atoms. The Balaban J connectivity index is 2.12. The summed E-state index contributed by atoms with van der Waals surface area (Å²) in [6, 6.07) is 6.31. The van der Waals surface area contributed by atoms with E-state index in [1.165, 1.54) is 42.1 Å². The Labute approximate surface area is 131 Å². The monoisotopic (exact) mass is 339 g/mol. The zero-order valence-electron chi connectivity index (χ0n) is 12.6. The van der Waals surface area contributed by atoms with Crippen LogP contribution in [0.25, 0.3) is 0 Å². The van der Waals surface area contributed by atoms with Gasteiger partial charge in [-0.2, -0.15) is 0 Å². The summed E-state index contributed by atoms with van der Waals surface area (Å²) < 4.78 is 6.58. The number of hydrogen-bond acceptors (Lipinski definition) is 2. The number of methoxy groups -OCH3 is 1. The van der Waals surface area contributed by atoms with Crippen molar-refractivity contribution in [3.05, 3.63) is 28.2 Å². The largest absolute Gasteiger partial charge is 0.497 e. The topological polar surface area (TPSA) is 21.3 Å². The molecule has 0 bridgehead atoms. The molecule has 0 amide bonds. The van der Waals surface area contributed by atoms with Gasteiger partial charge in [0.1, 0.15) is 5.75 Å². The Morgan fingerprint density at radius 3 is 2.65 bits per heavy atom. The molecule has 1 aromatic carbocycles. The number of nitrogens with one attached hydrogen (secondary N) is 1. The molecule has 0 radical (unpaired) electrons. The SMILES string of the molecule is CNCC1CCCCCC1Cc1cc(OC)ccc1Br. The van der Waals surface area contributed by atoms with Crippen molar-refractivity contribution in [1.82, 2.24) is 5.32 Å². The van der Waals surface area contributed by atoms with Gasteiger partial charge in [0.2, 0.25) is 0 Å². The maximum Gasteiger partial charge on any atom is 0.119 e. The van der Waals surface area contributed by atoms with Crippen molar-refractivity contribution in [2.45, 2.75) is 38.5 Å². The van der Waals surface area contributed by atoms with E-state index >= 15 is 0 Å². The summed E-state index contributed by atoms with van der Waals surface area (Å²) in [5, 5.41) is 3.38. The standard InChI is InChI=1S/C17H26BrNO/c1-19-12-14-7-5-3-4-6-13(14)10-15-11-16(20-2)8-9-17(15)18/h8-9,11,13-14,19H,3-7,10,12H2,1-2H3. The second-order valence-corrected chi connectivity index (χ2v) is 6.73. The molecule has 0 aromatic heterocycles. The minimum Gasteiger partial charge on any atom is -0.497 e. The van der Waals surface area contributed by atoms with Crippen molar-refractivity contribution in [3.63, 3.8) is 0 Å². The average Bonchev–Trinajstić information content (AvgIpc) is 2.67. The Morgan fingerprint density at radius 1 is 1.20 bits per heavy atom. The van der Waals surface area contributed by atoms with Crippen molar-refractivity contribution >= 4 is 15.9 Å². The maximum absolute atomic E-state index is 5.36. The van der Waals surface area contributed by atoms with E-state index in [4.69, 9.17) is 4.74 Å². The van der Waals surface area contributed by atoms with Crippen molar-refractivity contribution in [1.29, 1.82) is 0 Å². The third-order valence-electron chi connectivity index (χ3n) is 4.52. The van der Waals surface area contributed by atoms with Crippen LogP contribution in [0.5, 0.6) is 5.75 Å². The molecule has 1 saturated carbocycles. The van der Waals surface area contributed by atoms with E-state index in [-0.39, 0.29) is 0 Å². The predicted molar refractivity (Wildman–Crippen MR) is 88.4 cm³/mol. The number of ether oxygens (including phenoxy) is 1. The van der Waals surface area contributed by atoms with Gasteiger partial charge in [0.25, 0.3) is 0 Å². The molecule has 1 fully saturated rings. The van der Waals surface area contributed by atoms with Gasteiger partial charge < -0.3 is 10.1 Å². The van der Waals surface area contributed by atoms with E-state index in [0.717, 1.165) is 30.6 Å². The van der Waals surface area contributed by atoms with Crippen molar-refractivity contribution in [3.8, 4) is 5.75 Å². The van der Waals surface area contributed by atoms with Crippen LogP contribution >= 0.6 is 15.9 Å². The fourth-order valence-electron chi connectivity index (χ4n) is 3.38. The smallest absolute Gasteiger partial charge is 0.119 e. The van der Waals surface area contributed by atoms with Crippen LogP contribution in [-0.2, 0) is 6.42 Å². The minimum absolute atomic E-state index is 0.786. The predicted octanol–water partition coefficient (Wildman–Crippen LogP) is 4.42. The van der Waals surface area contributed by atoms with E-state index in [0.29, 0.717) is 0 Å². The van der Waals surface area contributed by atoms with Gasteiger partial charge in [-0.1, -0.05) is 35.2 Å². The first kappa shape index (κ1) is 15.8. The van der Waals surface area contributed by atoms with Gasteiger partial charge in [-0.25, -0.2) is 0 Å². The molecule has 1 aromatic rings. The Bertz CT molecular complexity index is 421. The van der Waals surface area contributed by atoms with Crippen LogP contribution in [0, 0.1) is 11.8 Å². The van der Waals surface area contributed by atoms with Crippen LogP contribution in [-0.4, -0.2) is 20.7 Å². The molecule has 0 saturated heterocycles. The van der Waals surface area contributed by atoms with Crippen LogP contribution < -0.4 is 10.1 Å². The summed E-state index contributed by atoms with van der Waals surface area (Å²) >= 11 is 3.69. The fourth-order valence-corrected chi connectivity index (χ4v) is 3.79. The van der Waals surface area contributed by atoms with Crippen molar-refractivity contribution in [2.75, 3.05) is 20.7 Å². The Hall–Kier alpha value is -0.540. The third-order valence-corrected chi connectivity index (χ3v) is 5.29. The molecule has 1 N–H and O–H groups in total. The highest BCUT2D eigenvalue weighted by Gasteiger charge is 2.24. The molecule has 0 aliphatic heterocycles. The summed E-state index contributed by atoms with van der Waals surface area (Å²) in [4.78, 5) is 0. The normalized spacial score (nSPS) is 23.4. The van der Waals surface area contributed by atoms with Gasteiger partial charge in [-0.05, 0) is 68.5 Å². The van der Waals surface area contributed by atoms with E-state index in [1.807, 2.05) is 6.07 Å². The van der Waals surface area contributed by atoms with Crippen LogP contribution in [0.2, 0.25) is 0 Å². The summed E-state index contributed by atoms with van der Waals surface area (Å²) in [5.41, 5.74) is 1.39. The fraction of sp³-hybridized carbons (Fsp3) is 0.647. The minimum atomic E-state index is 0.786. The molecule has 2 unspecified atom stereocenters. The molecular weight excluding hydrogens is 314 g/mol. The summed E-state index contributed by atoms with van der Waals surface area (Å²) in [6.07, 6.45) is 8.05. The lowest BCUT2D eigenvalue weighted by molar-refractivity contribution is 0.303. The highest BCUT2D eigenvalue weighted by molar-refractivity contribution is 9.10. The number of halogens is 1. The van der Waals surface area contributed by atoms with Crippen molar-refractivity contribution < 1.29 is 4.74 Å². The van der Waals surface area contributed by atoms with Crippen LogP contribution in [0.15, 0.2) is 22.7 Å². The van der Waals surface area contributed by atoms with Crippen LogP contribution in [0.3, 0.4) is 0 Å². The Morgan fingerprint density at radius 2 is 1.95 bits per heavy atom. The van der Waals surface area contributed by atoms with Gasteiger partial charge >= 0.3 is 0 Å². The summed E-state index contributed by atoms with van der Waals surface area (Å²) in [7, 11) is 3.81. The molecule has 0 heterocycles. The van der Waals surface area contributed by atoms with Crippen LogP contribution in [0.4, 0.5) is 0 Å². The second-order valence-electron chi connectivity index (χ2n) is 5.88. The lowest BCUT2D eigenvalue weighted by atomic mass is 9.83. The quantitative estimate of drug-likeness (QED) is 0.802. The average molecular weight is 340 g/mol. The molecule has 3 heteroatoms. The second kappa shape index (κ2) is 8.04. The molecule has 2 nitrogen and oxygen atoms in total. The zero-order valence-corrected chi connectivity index (χ0v) is 14.2. The summed E-state index contributed by atoms with van der Waals surface area (Å²) in [5.74, 6) is 2.55. The molecule has 112 valence electrons. The zero-order chi connectivity index (χ0) is 14.4. The van der Waals surface area contributed by atoms with Gasteiger partial charge in [-0.15, -0.1) is 0 Å². The van der Waals surface area contributed by atoms with Crippen LogP contribution in [0.1, 0.15) is 37.7 Å². The lowest BCUT2D eigenvalue weighted by Gasteiger charge is -2.25. The van der Waals surface area contributed by atoms with Gasteiger partial charge in [0.05, 0.1) is 7.11 Å². The first-order valence-electron chi connectivity index (χ1n) is 7.71. The number of hydrogen-bond donors (Lipinski definition) is 1. The molecule has 0 spiro atoms. The number of rotatable bonds is 5. The first-order valence-corrected chi connectivity index (χ1v) is 8.51. The van der Waals surface area contributed by atoms with Gasteiger partial charge in [-0.3, -0.25) is 0 Å². The summed E-state index contributed by atoms with van der Waals surface area (Å²) in [6.45, 7) is 1.15. The van der Waals surface area contributed by atoms with Gasteiger partial charge in [0, 0.05) is 4.47 Å². The third kappa shape index (κ3) is 4.23. The molecule has 2 rings (SSSR count). The highest BCUT2D eigenvalue weighted by Crippen LogP contribution is 2.34. The van der Waals surface area contributed by atoms with Gasteiger partial charge in [0.15, 0.2) is 0 Å².